The van der Waals surface area contributed by atoms with Crippen LogP contribution in [0.3, 0.4) is 0 Å². The Balaban J connectivity index is 1.58. The first kappa shape index (κ1) is 20.2. The lowest BCUT2D eigenvalue weighted by molar-refractivity contribution is -0.118. The molecule has 4 rings (SSSR count). The van der Waals surface area contributed by atoms with Gasteiger partial charge in [-0.2, -0.15) is 0 Å². The average Bonchev–Trinajstić information content (AvgIpc) is 3.29. The fraction of sp³-hybridized carbons (Fsp3) is 0.200. The Morgan fingerprint density at radius 2 is 2.00 bits per heavy atom. The largest absolute Gasteiger partial charge is 0.300 e. The third kappa shape index (κ3) is 3.96. The van der Waals surface area contributed by atoms with Crippen molar-refractivity contribution in [3.05, 3.63) is 59.7 Å². The number of pyridine rings is 1. The zero-order chi connectivity index (χ0) is 21.3. The summed E-state index contributed by atoms with van der Waals surface area (Å²) in [5.41, 5.74) is 2.03. The first-order valence-corrected chi connectivity index (χ1v) is 11.6. The number of aromatic nitrogens is 2. The van der Waals surface area contributed by atoms with E-state index in [2.05, 4.69) is 25.0 Å². The number of fused-ring (bicyclic) bond motifs is 1. The smallest absolute Gasteiger partial charge is 0.263 e. The standard InChI is InChI=1S/C20H19N5O3S2/c1-12(2)17(23-18-14-7-3-4-8-16(14)30(27,28)25-18)19(26)24-20-22-15(11-29-20)13-6-5-9-21-10-13/h3-12,17H,1-2H3,(H,23,25)(H,22,24,26)/t17-/m0/s1. The van der Waals surface area contributed by atoms with Gasteiger partial charge in [0.2, 0.25) is 0 Å². The van der Waals surface area contributed by atoms with Crippen LogP contribution in [0.5, 0.6) is 0 Å². The van der Waals surface area contributed by atoms with Crippen LogP contribution in [-0.4, -0.2) is 36.2 Å². The van der Waals surface area contributed by atoms with E-state index in [1.165, 1.54) is 17.4 Å². The van der Waals surface area contributed by atoms with Gasteiger partial charge in [0, 0.05) is 28.9 Å². The van der Waals surface area contributed by atoms with Crippen LogP contribution in [-0.2, 0) is 14.8 Å². The number of thiazole rings is 1. The second-order valence-electron chi connectivity index (χ2n) is 7.04. The summed E-state index contributed by atoms with van der Waals surface area (Å²) in [5, 5.41) is 5.08. The fourth-order valence-electron chi connectivity index (χ4n) is 3.04. The molecule has 0 bridgehead atoms. The molecule has 30 heavy (non-hydrogen) atoms. The van der Waals surface area contributed by atoms with E-state index >= 15 is 0 Å². The average molecular weight is 442 g/mol. The van der Waals surface area contributed by atoms with E-state index in [1.54, 1.807) is 30.6 Å². The minimum Gasteiger partial charge on any atom is -0.300 e. The Bertz CT molecular complexity index is 1220. The Kier molecular flexibility index (Phi) is 5.35. The van der Waals surface area contributed by atoms with E-state index in [0.717, 1.165) is 5.56 Å². The molecule has 1 amide bonds. The molecule has 3 heterocycles. The van der Waals surface area contributed by atoms with Gasteiger partial charge in [-0.25, -0.2) is 13.4 Å². The third-order valence-corrected chi connectivity index (χ3v) is 6.68. The van der Waals surface area contributed by atoms with E-state index < -0.39 is 16.1 Å². The molecule has 0 radical (unpaired) electrons. The van der Waals surface area contributed by atoms with Crippen molar-refractivity contribution >= 4 is 38.2 Å². The summed E-state index contributed by atoms with van der Waals surface area (Å²) in [7, 11) is -3.67. The van der Waals surface area contributed by atoms with Crippen LogP contribution < -0.4 is 10.0 Å². The number of hydrogen-bond acceptors (Lipinski definition) is 7. The van der Waals surface area contributed by atoms with E-state index in [0.29, 0.717) is 16.4 Å². The molecule has 0 fully saturated rings. The quantitative estimate of drug-likeness (QED) is 0.632. The van der Waals surface area contributed by atoms with Gasteiger partial charge in [0.25, 0.3) is 15.9 Å². The van der Waals surface area contributed by atoms with Crippen molar-refractivity contribution in [1.29, 1.82) is 0 Å². The monoisotopic (exact) mass is 441 g/mol. The molecule has 1 atom stereocenters. The maximum absolute atomic E-state index is 12.9. The number of nitrogens with zero attached hydrogens (tertiary/aromatic N) is 3. The summed E-state index contributed by atoms with van der Waals surface area (Å²) in [6, 6.07) is 9.48. The lowest BCUT2D eigenvalue weighted by Crippen LogP contribution is -2.34. The van der Waals surface area contributed by atoms with Crippen LogP contribution in [0.25, 0.3) is 11.3 Å². The number of benzene rings is 1. The molecular formula is C20H19N5O3S2. The number of amides is 1. The van der Waals surface area contributed by atoms with Gasteiger partial charge in [-0.05, 0) is 30.2 Å². The van der Waals surface area contributed by atoms with Crippen LogP contribution in [0.1, 0.15) is 19.4 Å². The molecule has 0 unspecified atom stereocenters. The molecule has 2 aromatic heterocycles. The van der Waals surface area contributed by atoms with Crippen molar-refractivity contribution in [2.75, 3.05) is 5.32 Å². The number of rotatable bonds is 5. The van der Waals surface area contributed by atoms with Crippen molar-refractivity contribution in [2.24, 2.45) is 10.9 Å². The van der Waals surface area contributed by atoms with Gasteiger partial charge < -0.3 is 5.32 Å². The highest BCUT2D eigenvalue weighted by atomic mass is 32.2. The number of anilines is 1. The Hall–Kier alpha value is -3.11. The van der Waals surface area contributed by atoms with Gasteiger partial charge in [-0.3, -0.25) is 19.5 Å². The minimum absolute atomic E-state index is 0.160. The Labute approximate surface area is 178 Å². The van der Waals surface area contributed by atoms with E-state index in [9.17, 15) is 13.2 Å². The summed E-state index contributed by atoms with van der Waals surface area (Å²) in [5.74, 6) is -0.338. The minimum atomic E-state index is -3.67. The molecule has 0 aliphatic carbocycles. The van der Waals surface area contributed by atoms with E-state index in [4.69, 9.17) is 0 Å². The number of nitrogens with one attached hydrogen (secondary N) is 2. The van der Waals surface area contributed by atoms with Crippen LogP contribution in [0.15, 0.2) is 64.1 Å². The maximum Gasteiger partial charge on any atom is 0.263 e. The summed E-state index contributed by atoms with van der Waals surface area (Å²) in [6.07, 6.45) is 3.38. The van der Waals surface area contributed by atoms with Crippen LogP contribution in [0, 0.1) is 5.92 Å². The normalized spacial score (nSPS) is 16.8. The third-order valence-electron chi connectivity index (χ3n) is 4.52. The van der Waals surface area contributed by atoms with Crippen molar-refractivity contribution in [1.82, 2.24) is 14.7 Å². The van der Waals surface area contributed by atoms with Crippen LogP contribution in [0.2, 0.25) is 0 Å². The molecule has 154 valence electrons. The topological polar surface area (TPSA) is 113 Å². The number of sulfonamides is 1. The van der Waals surface area contributed by atoms with Gasteiger partial charge >= 0.3 is 0 Å². The predicted octanol–water partition coefficient (Wildman–Crippen LogP) is 2.91. The van der Waals surface area contributed by atoms with Crippen molar-refractivity contribution in [3.8, 4) is 11.3 Å². The number of aliphatic imine (C=N–C) groups is 1. The highest BCUT2D eigenvalue weighted by Crippen LogP contribution is 2.26. The first-order valence-electron chi connectivity index (χ1n) is 9.22. The zero-order valence-corrected chi connectivity index (χ0v) is 17.9. The second-order valence-corrected chi connectivity index (χ2v) is 9.55. The maximum atomic E-state index is 12.9. The van der Waals surface area contributed by atoms with Crippen molar-refractivity contribution in [2.45, 2.75) is 24.8 Å². The number of carbonyl (C=O) groups is 1. The molecule has 3 aromatic rings. The highest BCUT2D eigenvalue weighted by Gasteiger charge is 2.32. The highest BCUT2D eigenvalue weighted by molar-refractivity contribution is 7.90. The van der Waals surface area contributed by atoms with Gasteiger partial charge in [0.05, 0.1) is 10.6 Å². The van der Waals surface area contributed by atoms with Gasteiger partial charge in [-0.15, -0.1) is 11.3 Å². The molecule has 8 nitrogen and oxygen atoms in total. The van der Waals surface area contributed by atoms with Crippen LogP contribution in [0.4, 0.5) is 5.13 Å². The lowest BCUT2D eigenvalue weighted by atomic mass is 10.0. The molecule has 0 spiro atoms. The van der Waals surface area contributed by atoms with Crippen LogP contribution >= 0.6 is 11.3 Å². The first-order chi connectivity index (χ1) is 14.3. The molecular weight excluding hydrogens is 422 g/mol. The summed E-state index contributed by atoms with van der Waals surface area (Å²) in [6.45, 7) is 3.71. The second kappa shape index (κ2) is 7.96. The number of hydrogen-bond donors (Lipinski definition) is 2. The lowest BCUT2D eigenvalue weighted by Gasteiger charge is -2.16. The summed E-state index contributed by atoms with van der Waals surface area (Å²) >= 11 is 1.30. The molecule has 1 aromatic carbocycles. The van der Waals surface area contributed by atoms with Gasteiger partial charge in [0.15, 0.2) is 5.13 Å². The van der Waals surface area contributed by atoms with E-state index in [1.807, 2.05) is 31.4 Å². The predicted molar refractivity (Wildman–Crippen MR) is 116 cm³/mol. The van der Waals surface area contributed by atoms with Gasteiger partial charge in [-0.1, -0.05) is 26.0 Å². The Morgan fingerprint density at radius 3 is 2.73 bits per heavy atom. The Morgan fingerprint density at radius 1 is 1.20 bits per heavy atom. The fourth-order valence-corrected chi connectivity index (χ4v) is 5.00. The molecule has 1 aliphatic heterocycles. The van der Waals surface area contributed by atoms with E-state index in [-0.39, 0.29) is 22.6 Å². The summed E-state index contributed by atoms with van der Waals surface area (Å²) < 4.78 is 27.1. The summed E-state index contributed by atoms with van der Waals surface area (Å²) in [4.78, 5) is 26.0. The number of carbonyl (C=O) groups excluding carboxylic acids is 1. The SMILES string of the molecule is CC(C)[C@H](N=C1NS(=O)(=O)c2ccccc21)C(=O)Nc1nc(-c2cccnc2)cs1. The zero-order valence-electron chi connectivity index (χ0n) is 16.2. The van der Waals surface area contributed by atoms with Crippen molar-refractivity contribution in [3.63, 3.8) is 0 Å². The van der Waals surface area contributed by atoms with Crippen molar-refractivity contribution < 1.29 is 13.2 Å². The molecule has 2 N–H and O–H groups in total. The van der Waals surface area contributed by atoms with Gasteiger partial charge in [0.1, 0.15) is 11.9 Å². The molecule has 0 saturated heterocycles. The molecule has 1 aliphatic rings. The molecule has 10 heteroatoms. The number of amidine groups is 1. The molecule has 0 saturated carbocycles.